The zero-order chi connectivity index (χ0) is 14.5. The molecule has 1 atom stereocenters. The summed E-state index contributed by atoms with van der Waals surface area (Å²) in [5.74, 6) is -0.172. The molecule has 0 fully saturated rings. The first kappa shape index (κ1) is 14.5. The molecule has 108 valence electrons. The number of benzene rings is 1. The lowest BCUT2D eigenvalue weighted by Gasteiger charge is -2.09. The normalized spacial score (nSPS) is 12.4. The Kier molecular flexibility index (Phi) is 4.74. The van der Waals surface area contributed by atoms with Gasteiger partial charge >= 0.3 is 0 Å². The highest BCUT2D eigenvalue weighted by Crippen LogP contribution is 2.19. The van der Waals surface area contributed by atoms with Gasteiger partial charge in [-0.1, -0.05) is 13.0 Å². The highest BCUT2D eigenvalue weighted by molar-refractivity contribution is 5.29. The molecule has 0 aliphatic rings. The minimum absolute atomic E-state index is 0.222. The third-order valence-corrected chi connectivity index (χ3v) is 3.31. The number of aromatic nitrogens is 2. The maximum absolute atomic E-state index is 13.7. The summed E-state index contributed by atoms with van der Waals surface area (Å²) in [7, 11) is 0. The molecule has 1 unspecified atom stereocenters. The molecular weight excluding hydrogens is 257 g/mol. The molecule has 0 radical (unpaired) electrons. The molecule has 0 saturated carbocycles. The predicted molar refractivity (Wildman–Crippen MR) is 75.9 cm³/mol. The van der Waals surface area contributed by atoms with Gasteiger partial charge in [-0.05, 0) is 37.1 Å². The Bertz CT molecular complexity index is 568. The van der Waals surface area contributed by atoms with Crippen LogP contribution in [0.3, 0.4) is 0 Å². The molecular formula is C15H20FN3O. The van der Waals surface area contributed by atoms with Gasteiger partial charge in [-0.15, -0.1) is 0 Å². The molecule has 4 nitrogen and oxygen atoms in total. The van der Waals surface area contributed by atoms with Crippen LogP contribution in [0.15, 0.2) is 30.5 Å². The number of nitrogens with two attached hydrogens (primary N) is 1. The standard InChI is InChI=1S/C15H20FN3O/c1-3-11(2)19-7-6-13(18-19)10-20-15-5-4-12(9-17)8-14(15)16/h4-8,11H,3,9-10,17H2,1-2H3. The van der Waals surface area contributed by atoms with Crippen molar-refractivity contribution < 1.29 is 9.13 Å². The second-order valence-electron chi connectivity index (χ2n) is 4.80. The van der Waals surface area contributed by atoms with Crippen molar-refractivity contribution in [3.63, 3.8) is 0 Å². The van der Waals surface area contributed by atoms with Gasteiger partial charge in [0.15, 0.2) is 11.6 Å². The average molecular weight is 277 g/mol. The molecule has 1 aromatic carbocycles. The molecule has 0 aliphatic heterocycles. The summed E-state index contributed by atoms with van der Waals surface area (Å²) in [6, 6.07) is 6.99. The first-order chi connectivity index (χ1) is 9.63. The summed E-state index contributed by atoms with van der Waals surface area (Å²) in [6.07, 6.45) is 2.93. The van der Waals surface area contributed by atoms with Gasteiger partial charge in [0.25, 0.3) is 0 Å². The van der Waals surface area contributed by atoms with Crippen LogP contribution in [-0.2, 0) is 13.2 Å². The fraction of sp³-hybridized carbons (Fsp3) is 0.400. The lowest BCUT2D eigenvalue weighted by molar-refractivity contribution is 0.283. The predicted octanol–water partition coefficient (Wildman–Crippen LogP) is 3.03. The number of hydrogen-bond donors (Lipinski definition) is 1. The van der Waals surface area contributed by atoms with Gasteiger partial charge in [0.05, 0.1) is 5.69 Å². The van der Waals surface area contributed by atoms with Gasteiger partial charge < -0.3 is 10.5 Å². The summed E-state index contributed by atoms with van der Waals surface area (Å²) >= 11 is 0. The van der Waals surface area contributed by atoms with E-state index in [0.717, 1.165) is 17.7 Å². The van der Waals surface area contributed by atoms with Crippen molar-refractivity contribution in [2.75, 3.05) is 0 Å². The quantitative estimate of drug-likeness (QED) is 0.883. The zero-order valence-electron chi connectivity index (χ0n) is 11.8. The molecule has 0 aliphatic carbocycles. The van der Waals surface area contributed by atoms with Crippen LogP contribution in [0.4, 0.5) is 4.39 Å². The third-order valence-electron chi connectivity index (χ3n) is 3.31. The lowest BCUT2D eigenvalue weighted by atomic mass is 10.2. The van der Waals surface area contributed by atoms with Gasteiger partial charge in [-0.3, -0.25) is 4.68 Å². The van der Waals surface area contributed by atoms with Crippen LogP contribution >= 0.6 is 0 Å². The first-order valence-electron chi connectivity index (χ1n) is 6.79. The number of hydrogen-bond acceptors (Lipinski definition) is 3. The number of halogens is 1. The second-order valence-corrected chi connectivity index (χ2v) is 4.80. The van der Waals surface area contributed by atoms with E-state index < -0.39 is 5.82 Å². The van der Waals surface area contributed by atoms with Crippen LogP contribution in [0.2, 0.25) is 0 Å². The van der Waals surface area contributed by atoms with Gasteiger partial charge in [-0.25, -0.2) is 4.39 Å². The van der Waals surface area contributed by atoms with Gasteiger partial charge in [0.1, 0.15) is 6.61 Å². The van der Waals surface area contributed by atoms with Crippen molar-refractivity contribution in [1.82, 2.24) is 9.78 Å². The molecule has 2 rings (SSSR count). The summed E-state index contributed by atoms with van der Waals surface area (Å²) in [5, 5.41) is 4.41. The van der Waals surface area contributed by atoms with Crippen LogP contribution in [0.25, 0.3) is 0 Å². The van der Waals surface area contributed by atoms with E-state index in [4.69, 9.17) is 10.5 Å². The fourth-order valence-corrected chi connectivity index (χ4v) is 1.83. The molecule has 0 spiro atoms. The maximum atomic E-state index is 13.7. The van der Waals surface area contributed by atoms with Crippen molar-refractivity contribution in [1.29, 1.82) is 0 Å². The topological polar surface area (TPSA) is 53.1 Å². The highest BCUT2D eigenvalue weighted by atomic mass is 19.1. The van der Waals surface area contributed by atoms with E-state index in [9.17, 15) is 4.39 Å². The minimum atomic E-state index is -0.394. The molecule has 0 saturated heterocycles. The van der Waals surface area contributed by atoms with Crippen molar-refractivity contribution in [3.05, 3.63) is 47.5 Å². The Morgan fingerprint density at radius 1 is 1.40 bits per heavy atom. The third kappa shape index (κ3) is 3.36. The van der Waals surface area contributed by atoms with Crippen LogP contribution in [-0.4, -0.2) is 9.78 Å². The van der Waals surface area contributed by atoms with Crippen LogP contribution in [0, 0.1) is 5.82 Å². The van der Waals surface area contributed by atoms with E-state index in [1.165, 1.54) is 6.07 Å². The van der Waals surface area contributed by atoms with Crippen molar-refractivity contribution in [3.8, 4) is 5.75 Å². The number of rotatable bonds is 6. The SMILES string of the molecule is CCC(C)n1ccc(COc2ccc(CN)cc2F)n1. The zero-order valence-corrected chi connectivity index (χ0v) is 11.8. The Balaban J connectivity index is 2.00. The first-order valence-corrected chi connectivity index (χ1v) is 6.79. The summed E-state index contributed by atoms with van der Waals surface area (Å²) in [4.78, 5) is 0. The second kappa shape index (κ2) is 6.52. The van der Waals surface area contributed by atoms with E-state index in [-0.39, 0.29) is 12.4 Å². The Hall–Kier alpha value is -1.88. The summed E-state index contributed by atoms with van der Waals surface area (Å²) < 4.78 is 21.1. The van der Waals surface area contributed by atoms with Crippen LogP contribution in [0.5, 0.6) is 5.75 Å². The van der Waals surface area contributed by atoms with E-state index in [2.05, 4.69) is 18.9 Å². The average Bonchev–Trinajstić information content (AvgIpc) is 2.94. The van der Waals surface area contributed by atoms with Crippen molar-refractivity contribution in [2.45, 2.75) is 39.5 Å². The maximum Gasteiger partial charge on any atom is 0.165 e. The van der Waals surface area contributed by atoms with E-state index in [0.29, 0.717) is 12.6 Å². The Morgan fingerprint density at radius 3 is 2.85 bits per heavy atom. The number of nitrogens with zero attached hydrogens (tertiary/aromatic N) is 2. The van der Waals surface area contributed by atoms with Crippen molar-refractivity contribution >= 4 is 0 Å². The van der Waals surface area contributed by atoms with Crippen LogP contribution in [0.1, 0.15) is 37.6 Å². The molecule has 0 bridgehead atoms. The fourth-order valence-electron chi connectivity index (χ4n) is 1.83. The molecule has 1 aromatic heterocycles. The van der Waals surface area contributed by atoms with E-state index >= 15 is 0 Å². The molecule has 1 heterocycles. The van der Waals surface area contributed by atoms with Gasteiger partial charge in [0, 0.05) is 18.8 Å². The largest absolute Gasteiger partial charge is 0.484 e. The van der Waals surface area contributed by atoms with Crippen LogP contribution < -0.4 is 10.5 Å². The lowest BCUT2D eigenvalue weighted by Crippen LogP contribution is -2.06. The Labute approximate surface area is 118 Å². The smallest absolute Gasteiger partial charge is 0.165 e. The molecule has 2 N–H and O–H groups in total. The van der Waals surface area contributed by atoms with Crippen molar-refractivity contribution in [2.24, 2.45) is 5.73 Å². The van der Waals surface area contributed by atoms with E-state index in [1.54, 1.807) is 12.1 Å². The summed E-state index contributed by atoms with van der Waals surface area (Å²) in [6.45, 7) is 4.78. The highest BCUT2D eigenvalue weighted by Gasteiger charge is 2.08. The van der Waals surface area contributed by atoms with Gasteiger partial charge in [0.2, 0.25) is 0 Å². The van der Waals surface area contributed by atoms with E-state index in [1.807, 2.05) is 16.9 Å². The molecule has 20 heavy (non-hydrogen) atoms. The Morgan fingerprint density at radius 2 is 2.20 bits per heavy atom. The van der Waals surface area contributed by atoms with Gasteiger partial charge in [-0.2, -0.15) is 5.10 Å². The molecule has 2 aromatic rings. The monoisotopic (exact) mass is 277 g/mol. The summed E-state index contributed by atoms with van der Waals surface area (Å²) in [5.41, 5.74) is 6.99. The minimum Gasteiger partial charge on any atom is -0.484 e. The number of ether oxygens (including phenoxy) is 1. The molecule has 0 amide bonds. The molecule has 5 heteroatoms.